The van der Waals surface area contributed by atoms with Crippen molar-refractivity contribution < 1.29 is 14.5 Å². The molecule has 0 heterocycles. The van der Waals surface area contributed by atoms with E-state index in [0.29, 0.717) is 35.7 Å². The molecule has 1 rings (SSSR count). The quantitative estimate of drug-likeness (QED) is 0.554. The lowest BCUT2D eigenvalue weighted by Crippen LogP contribution is -2.36. The maximum absolute atomic E-state index is 12.5. The third-order valence-electron chi connectivity index (χ3n) is 2.83. The molecule has 1 amide bonds. The Morgan fingerprint density at radius 2 is 2.14 bits per heavy atom. The molecule has 116 valence electrons. The van der Waals surface area contributed by atoms with E-state index < -0.39 is 4.92 Å². The van der Waals surface area contributed by atoms with Crippen LogP contribution in [0.15, 0.2) is 22.7 Å². The van der Waals surface area contributed by atoms with Crippen molar-refractivity contribution in [1.29, 1.82) is 0 Å². The zero-order chi connectivity index (χ0) is 16.0. The van der Waals surface area contributed by atoms with Gasteiger partial charge in [0.05, 0.1) is 16.0 Å². The van der Waals surface area contributed by atoms with Gasteiger partial charge in [-0.05, 0) is 34.0 Å². The van der Waals surface area contributed by atoms with Crippen molar-refractivity contribution in [1.82, 2.24) is 4.90 Å². The normalized spacial score (nSPS) is 10.7. The number of nitro groups is 1. The molecule has 0 bridgehead atoms. The second-order valence-corrected chi connectivity index (χ2v) is 5.92. The predicted molar refractivity (Wildman–Crippen MR) is 83.4 cm³/mol. The molecule has 1 aromatic carbocycles. The van der Waals surface area contributed by atoms with Crippen molar-refractivity contribution in [2.45, 2.75) is 13.8 Å². The number of halogens is 1. The fourth-order valence-electron chi connectivity index (χ4n) is 1.89. The zero-order valence-corrected chi connectivity index (χ0v) is 13.9. The fraction of sp³-hybridized carbons (Fsp3) is 0.500. The summed E-state index contributed by atoms with van der Waals surface area (Å²) in [6.07, 6.45) is 0. The summed E-state index contributed by atoms with van der Waals surface area (Å²) in [5, 5.41) is 10.9. The number of hydrogen-bond acceptors (Lipinski definition) is 4. The van der Waals surface area contributed by atoms with Gasteiger partial charge in [0, 0.05) is 31.8 Å². The number of hydrogen-bond donors (Lipinski definition) is 0. The van der Waals surface area contributed by atoms with Gasteiger partial charge in [-0.25, -0.2) is 0 Å². The summed E-state index contributed by atoms with van der Waals surface area (Å²) >= 11 is 3.11. The van der Waals surface area contributed by atoms with E-state index in [-0.39, 0.29) is 11.6 Å². The van der Waals surface area contributed by atoms with Gasteiger partial charge in [-0.15, -0.1) is 0 Å². The third kappa shape index (κ3) is 5.09. The summed E-state index contributed by atoms with van der Waals surface area (Å²) in [5.41, 5.74) is 0.193. The number of nitro benzene ring substituents is 1. The van der Waals surface area contributed by atoms with Gasteiger partial charge in [0.1, 0.15) is 0 Å². The van der Waals surface area contributed by atoms with Crippen LogP contribution in [-0.2, 0) is 4.74 Å². The van der Waals surface area contributed by atoms with Crippen molar-refractivity contribution in [2.24, 2.45) is 5.92 Å². The van der Waals surface area contributed by atoms with Gasteiger partial charge in [-0.3, -0.25) is 14.9 Å². The monoisotopic (exact) mass is 358 g/mol. The largest absolute Gasteiger partial charge is 0.383 e. The van der Waals surface area contributed by atoms with Crippen molar-refractivity contribution in [2.75, 3.05) is 26.8 Å². The molecular formula is C14H19BrN2O4. The van der Waals surface area contributed by atoms with E-state index in [1.165, 1.54) is 12.1 Å². The number of nitrogens with zero attached hydrogens (tertiary/aromatic N) is 2. The molecule has 0 aliphatic carbocycles. The van der Waals surface area contributed by atoms with Gasteiger partial charge in [0.15, 0.2) is 0 Å². The summed E-state index contributed by atoms with van der Waals surface area (Å²) in [4.78, 5) is 24.6. The van der Waals surface area contributed by atoms with E-state index in [1.807, 2.05) is 13.8 Å². The first kappa shape index (κ1) is 17.6. The Kier molecular flexibility index (Phi) is 6.77. The van der Waals surface area contributed by atoms with Crippen molar-refractivity contribution in [3.8, 4) is 0 Å². The second-order valence-electron chi connectivity index (χ2n) is 5.06. The first-order valence-corrected chi connectivity index (χ1v) is 7.38. The minimum Gasteiger partial charge on any atom is -0.383 e. The summed E-state index contributed by atoms with van der Waals surface area (Å²) in [6, 6.07) is 4.40. The number of ether oxygens (including phenoxy) is 1. The van der Waals surface area contributed by atoms with Gasteiger partial charge >= 0.3 is 0 Å². The summed E-state index contributed by atoms with van der Waals surface area (Å²) in [7, 11) is 1.57. The lowest BCUT2D eigenvalue weighted by Gasteiger charge is -2.24. The van der Waals surface area contributed by atoms with Crippen LogP contribution < -0.4 is 0 Å². The van der Waals surface area contributed by atoms with Crippen LogP contribution in [0.3, 0.4) is 0 Å². The van der Waals surface area contributed by atoms with Gasteiger partial charge < -0.3 is 9.64 Å². The molecule has 0 aliphatic rings. The SMILES string of the molecule is COCCN(CC(C)C)C(=O)c1ccc(Br)c([N+](=O)[O-])c1. The second kappa shape index (κ2) is 8.09. The van der Waals surface area contributed by atoms with Gasteiger partial charge in [-0.2, -0.15) is 0 Å². The first-order valence-electron chi connectivity index (χ1n) is 6.59. The summed E-state index contributed by atoms with van der Waals surface area (Å²) in [6.45, 7) is 5.48. The third-order valence-corrected chi connectivity index (χ3v) is 3.50. The highest BCUT2D eigenvalue weighted by Crippen LogP contribution is 2.26. The lowest BCUT2D eigenvalue weighted by atomic mass is 10.1. The van der Waals surface area contributed by atoms with E-state index in [9.17, 15) is 14.9 Å². The highest BCUT2D eigenvalue weighted by molar-refractivity contribution is 9.10. The lowest BCUT2D eigenvalue weighted by molar-refractivity contribution is -0.385. The average Bonchev–Trinajstić information content (AvgIpc) is 2.42. The standard InChI is InChI=1S/C14H19BrN2O4/c1-10(2)9-16(6-7-21-3)14(18)11-4-5-12(15)13(8-11)17(19)20/h4-5,8,10H,6-7,9H2,1-3H3. The summed E-state index contributed by atoms with van der Waals surface area (Å²) in [5.74, 6) is 0.0765. The van der Waals surface area contributed by atoms with Gasteiger partial charge in [0.25, 0.3) is 11.6 Å². The maximum Gasteiger partial charge on any atom is 0.284 e. The Morgan fingerprint density at radius 1 is 1.48 bits per heavy atom. The van der Waals surface area contributed by atoms with Crippen LogP contribution in [-0.4, -0.2) is 42.5 Å². The smallest absolute Gasteiger partial charge is 0.284 e. The molecule has 0 atom stereocenters. The minimum absolute atomic E-state index is 0.114. The molecule has 6 nitrogen and oxygen atoms in total. The molecule has 0 unspecified atom stereocenters. The number of rotatable bonds is 7. The molecule has 0 saturated heterocycles. The maximum atomic E-state index is 12.5. The molecule has 0 radical (unpaired) electrons. The van der Waals surface area contributed by atoms with Crippen LogP contribution in [0.2, 0.25) is 0 Å². The highest BCUT2D eigenvalue weighted by Gasteiger charge is 2.20. The Bertz CT molecular complexity index is 520. The number of benzene rings is 1. The molecule has 0 spiro atoms. The predicted octanol–water partition coefficient (Wildman–Crippen LogP) is 3.10. The molecular weight excluding hydrogens is 340 g/mol. The summed E-state index contributed by atoms with van der Waals surface area (Å²) < 4.78 is 5.37. The molecule has 0 aromatic heterocycles. The van der Waals surface area contributed by atoms with Crippen molar-refractivity contribution in [3.63, 3.8) is 0 Å². The zero-order valence-electron chi connectivity index (χ0n) is 12.3. The van der Waals surface area contributed by atoms with Crippen LogP contribution in [0.5, 0.6) is 0 Å². The molecule has 0 N–H and O–H groups in total. The average molecular weight is 359 g/mol. The molecule has 7 heteroatoms. The fourth-order valence-corrected chi connectivity index (χ4v) is 2.28. The Morgan fingerprint density at radius 3 is 2.67 bits per heavy atom. The van der Waals surface area contributed by atoms with Crippen LogP contribution in [0.1, 0.15) is 24.2 Å². The van der Waals surface area contributed by atoms with Crippen LogP contribution in [0.4, 0.5) is 5.69 Å². The molecule has 21 heavy (non-hydrogen) atoms. The molecule has 1 aromatic rings. The number of amides is 1. The Labute approximate surface area is 132 Å². The molecule has 0 aliphatic heterocycles. The highest BCUT2D eigenvalue weighted by atomic mass is 79.9. The Hall–Kier alpha value is -1.47. The van der Waals surface area contributed by atoms with Crippen LogP contribution >= 0.6 is 15.9 Å². The van der Waals surface area contributed by atoms with E-state index in [4.69, 9.17) is 4.74 Å². The van der Waals surface area contributed by atoms with E-state index >= 15 is 0 Å². The van der Waals surface area contributed by atoms with E-state index in [2.05, 4.69) is 15.9 Å². The minimum atomic E-state index is -0.511. The van der Waals surface area contributed by atoms with Crippen molar-refractivity contribution in [3.05, 3.63) is 38.3 Å². The number of carbonyl (C=O) groups excluding carboxylic acids is 1. The van der Waals surface area contributed by atoms with Crippen molar-refractivity contribution >= 4 is 27.5 Å². The van der Waals surface area contributed by atoms with Gasteiger partial charge in [-0.1, -0.05) is 13.8 Å². The van der Waals surface area contributed by atoms with E-state index in [1.54, 1.807) is 18.1 Å². The van der Waals surface area contributed by atoms with E-state index in [0.717, 1.165) is 0 Å². The number of carbonyl (C=O) groups is 1. The molecule has 0 saturated carbocycles. The first-order chi connectivity index (χ1) is 9.86. The van der Waals surface area contributed by atoms with Crippen LogP contribution in [0, 0.1) is 16.0 Å². The molecule has 0 fully saturated rings. The Balaban J connectivity index is 3.02. The topological polar surface area (TPSA) is 72.7 Å². The van der Waals surface area contributed by atoms with Gasteiger partial charge in [0.2, 0.25) is 0 Å². The number of methoxy groups -OCH3 is 1. The van der Waals surface area contributed by atoms with Crippen LogP contribution in [0.25, 0.3) is 0 Å².